The molecule has 4 nitrogen and oxygen atoms in total. The molecule has 1 radical (unpaired) electrons. The van der Waals surface area contributed by atoms with Crippen molar-refractivity contribution in [3.05, 3.63) is 35.9 Å². The molecule has 1 aromatic rings. The summed E-state index contributed by atoms with van der Waals surface area (Å²) in [6.45, 7) is 3.67. The third-order valence-electron chi connectivity index (χ3n) is 2.45. The average molecular weight is 215 g/mol. The van der Waals surface area contributed by atoms with Gasteiger partial charge in [-0.25, -0.2) is 9.59 Å². The summed E-state index contributed by atoms with van der Waals surface area (Å²) in [5, 5.41) is 0. The molecule has 0 bridgehead atoms. The van der Waals surface area contributed by atoms with Gasteiger partial charge in [0.05, 0.1) is 0 Å². The van der Waals surface area contributed by atoms with E-state index in [9.17, 15) is 9.59 Å². The topological polar surface area (TPSA) is 58.9 Å². The second-order valence-corrected chi connectivity index (χ2v) is 3.83. The maximum atomic E-state index is 10.3. The maximum absolute atomic E-state index is 10.3. The van der Waals surface area contributed by atoms with Crippen molar-refractivity contribution in [3.63, 3.8) is 0 Å². The van der Waals surface area contributed by atoms with Crippen molar-refractivity contribution in [2.45, 2.75) is 25.4 Å². The fraction of sp³-hybridized carbons (Fsp3) is 0.333. The van der Waals surface area contributed by atoms with Crippen LogP contribution in [0, 0.1) is 6.07 Å². The molecule has 16 heavy (non-hydrogen) atoms. The van der Waals surface area contributed by atoms with Gasteiger partial charge in [0.25, 0.3) is 0 Å². The van der Waals surface area contributed by atoms with Crippen LogP contribution in [0.3, 0.4) is 0 Å². The third kappa shape index (κ3) is 2.51. The fourth-order valence-corrected chi connectivity index (χ4v) is 1.39. The van der Waals surface area contributed by atoms with Gasteiger partial charge in [0.15, 0.2) is 6.17 Å². The first-order valence-electron chi connectivity index (χ1n) is 4.73. The predicted octanol–water partition coefficient (Wildman–Crippen LogP) is 1.76. The van der Waals surface area contributed by atoms with Crippen molar-refractivity contribution < 1.29 is 9.59 Å². The van der Waals surface area contributed by atoms with E-state index in [0.717, 1.165) is 5.56 Å². The van der Waals surface area contributed by atoms with Gasteiger partial charge in [-0.05, 0) is 11.6 Å². The van der Waals surface area contributed by atoms with Gasteiger partial charge in [-0.3, -0.25) is 0 Å². The lowest BCUT2D eigenvalue weighted by Gasteiger charge is -2.27. The minimum absolute atomic E-state index is 0.577. The molecular weight excluding hydrogens is 204 g/mol. The first kappa shape index (κ1) is 12.1. The Labute approximate surface area is 93.7 Å². The molecule has 0 saturated heterocycles. The largest absolute Gasteiger partial charge is 0.237 e. The molecule has 0 fully saturated rings. The molecule has 0 aromatic heterocycles. The van der Waals surface area contributed by atoms with Crippen LogP contribution in [0.5, 0.6) is 0 Å². The van der Waals surface area contributed by atoms with Gasteiger partial charge in [-0.1, -0.05) is 38.1 Å². The molecular formula is C12H11N2O2. The van der Waals surface area contributed by atoms with E-state index < -0.39 is 11.6 Å². The molecule has 0 aliphatic carbocycles. The number of carbonyl (C=O) groups excluding carboxylic acids is 2. The fourth-order valence-electron chi connectivity index (χ4n) is 1.39. The summed E-state index contributed by atoms with van der Waals surface area (Å²) in [6.07, 6.45) is 2.03. The molecule has 0 atom stereocenters. The summed E-state index contributed by atoms with van der Waals surface area (Å²) in [5.41, 5.74) is 0.310. The second-order valence-electron chi connectivity index (χ2n) is 3.83. The molecule has 4 heteroatoms. The lowest BCUT2D eigenvalue weighted by atomic mass is 9.82. The van der Waals surface area contributed by atoms with Gasteiger partial charge in [-0.2, -0.15) is 9.98 Å². The van der Waals surface area contributed by atoms with E-state index in [-0.39, 0.29) is 0 Å². The molecule has 0 spiro atoms. The van der Waals surface area contributed by atoms with E-state index in [0.29, 0.717) is 0 Å². The van der Waals surface area contributed by atoms with Gasteiger partial charge < -0.3 is 0 Å². The minimum Gasteiger partial charge on any atom is -0.211 e. The van der Waals surface area contributed by atoms with E-state index >= 15 is 0 Å². The van der Waals surface area contributed by atoms with Crippen molar-refractivity contribution >= 4 is 12.2 Å². The van der Waals surface area contributed by atoms with Gasteiger partial charge in [-0.15, -0.1) is 0 Å². The Morgan fingerprint density at radius 1 is 1.31 bits per heavy atom. The average Bonchev–Trinajstić information content (AvgIpc) is 2.30. The minimum atomic E-state index is -0.807. The quantitative estimate of drug-likeness (QED) is 0.567. The number of isocyanates is 2. The van der Waals surface area contributed by atoms with E-state index in [4.69, 9.17) is 0 Å². The lowest BCUT2D eigenvalue weighted by Crippen LogP contribution is -2.30. The van der Waals surface area contributed by atoms with Crippen molar-refractivity contribution in [2.75, 3.05) is 0 Å². The Morgan fingerprint density at radius 2 is 1.94 bits per heavy atom. The molecule has 0 aliphatic heterocycles. The highest BCUT2D eigenvalue weighted by Gasteiger charge is 2.31. The van der Waals surface area contributed by atoms with Crippen LogP contribution in [0.1, 0.15) is 19.4 Å². The van der Waals surface area contributed by atoms with E-state index in [1.54, 1.807) is 12.1 Å². The van der Waals surface area contributed by atoms with Crippen LogP contribution < -0.4 is 0 Å². The van der Waals surface area contributed by atoms with Crippen LogP contribution in [-0.4, -0.2) is 18.3 Å². The molecule has 1 rings (SSSR count). The van der Waals surface area contributed by atoms with Crippen LogP contribution in [0.4, 0.5) is 0 Å². The maximum Gasteiger partial charge on any atom is 0.237 e. The summed E-state index contributed by atoms with van der Waals surface area (Å²) in [6, 6.07) is 10.1. The first-order valence-corrected chi connectivity index (χ1v) is 4.73. The van der Waals surface area contributed by atoms with E-state index in [1.165, 1.54) is 12.2 Å². The highest BCUT2D eigenvalue weighted by atomic mass is 16.1. The van der Waals surface area contributed by atoms with Gasteiger partial charge in [0.2, 0.25) is 12.2 Å². The Morgan fingerprint density at radius 3 is 2.38 bits per heavy atom. The van der Waals surface area contributed by atoms with Crippen molar-refractivity contribution in [1.82, 2.24) is 0 Å². The molecule has 0 N–H and O–H groups in total. The second kappa shape index (κ2) is 5.17. The van der Waals surface area contributed by atoms with Crippen LogP contribution in [0.15, 0.2) is 34.3 Å². The third-order valence-corrected chi connectivity index (χ3v) is 2.45. The van der Waals surface area contributed by atoms with Gasteiger partial charge in [0, 0.05) is 5.41 Å². The molecule has 0 saturated carbocycles. The highest BCUT2D eigenvalue weighted by molar-refractivity contribution is 5.39. The molecule has 0 aliphatic rings. The Bertz CT molecular complexity index is 423. The Kier molecular flexibility index (Phi) is 3.90. The zero-order chi connectivity index (χ0) is 12.0. The number of aliphatic imine (C=N–C) groups is 2. The summed E-state index contributed by atoms with van der Waals surface area (Å²) in [7, 11) is 0. The van der Waals surface area contributed by atoms with Crippen LogP contribution in [0.2, 0.25) is 0 Å². The van der Waals surface area contributed by atoms with Crippen LogP contribution >= 0.6 is 0 Å². The number of nitrogens with zero attached hydrogens (tertiary/aromatic N) is 2. The first-order chi connectivity index (χ1) is 7.62. The van der Waals surface area contributed by atoms with Gasteiger partial charge in [0.1, 0.15) is 0 Å². The number of hydrogen-bond acceptors (Lipinski definition) is 4. The Hall–Kier alpha value is -2.02. The molecule has 81 valence electrons. The van der Waals surface area contributed by atoms with E-state index in [2.05, 4.69) is 16.1 Å². The number of hydrogen-bond donors (Lipinski definition) is 0. The van der Waals surface area contributed by atoms with Crippen molar-refractivity contribution in [3.8, 4) is 0 Å². The molecule has 1 aromatic carbocycles. The zero-order valence-electron chi connectivity index (χ0n) is 9.10. The van der Waals surface area contributed by atoms with Crippen LogP contribution in [0.25, 0.3) is 0 Å². The SMILES string of the molecule is CC(C)(c1c[c]ccc1)C(N=C=O)N=C=O. The summed E-state index contributed by atoms with van der Waals surface area (Å²) >= 11 is 0. The summed E-state index contributed by atoms with van der Waals surface area (Å²) in [5.74, 6) is 0. The number of benzene rings is 1. The zero-order valence-corrected chi connectivity index (χ0v) is 9.10. The predicted molar refractivity (Wildman–Crippen MR) is 58.3 cm³/mol. The van der Waals surface area contributed by atoms with Crippen molar-refractivity contribution in [2.24, 2.45) is 9.98 Å². The molecule has 0 heterocycles. The Balaban J connectivity index is 3.16. The standard InChI is InChI=1S/C12H11N2O2/c1-12(2,10-6-4-3-5-7-10)11(13-8-15)14-9-16/h3-4,6-7,11H,1-2H3. The summed E-state index contributed by atoms with van der Waals surface area (Å²) < 4.78 is 0. The lowest BCUT2D eigenvalue weighted by molar-refractivity contribution is 0.416. The molecule has 0 amide bonds. The molecule has 0 unspecified atom stereocenters. The van der Waals surface area contributed by atoms with Crippen LogP contribution in [-0.2, 0) is 15.0 Å². The highest BCUT2D eigenvalue weighted by Crippen LogP contribution is 2.29. The van der Waals surface area contributed by atoms with E-state index in [1.807, 2.05) is 26.0 Å². The summed E-state index contributed by atoms with van der Waals surface area (Å²) in [4.78, 5) is 27.6. The monoisotopic (exact) mass is 215 g/mol. The smallest absolute Gasteiger partial charge is 0.211 e. The normalized spacial score (nSPS) is 12.1. The van der Waals surface area contributed by atoms with Gasteiger partial charge >= 0.3 is 0 Å². The number of rotatable bonds is 4. The van der Waals surface area contributed by atoms with Crippen molar-refractivity contribution in [1.29, 1.82) is 0 Å².